The van der Waals surface area contributed by atoms with Crippen LogP contribution in [0.1, 0.15) is 96.5 Å². The van der Waals surface area contributed by atoms with Crippen LogP contribution < -0.4 is 0 Å². The minimum atomic E-state index is -0.833. The maximum atomic E-state index is 11.1. The van der Waals surface area contributed by atoms with Crippen LogP contribution in [0.15, 0.2) is 30.3 Å². The van der Waals surface area contributed by atoms with Crippen molar-refractivity contribution in [2.75, 3.05) is 6.61 Å². The number of carbonyl (C=O) groups excluding carboxylic acids is 1. The van der Waals surface area contributed by atoms with Gasteiger partial charge in [0.2, 0.25) is 0 Å². The topological polar surface area (TPSA) is 112 Å². The fourth-order valence-electron chi connectivity index (χ4n) is 4.30. The summed E-state index contributed by atoms with van der Waals surface area (Å²) in [4.78, 5) is 29.1. The van der Waals surface area contributed by atoms with E-state index in [1.54, 1.807) is 0 Å². The van der Waals surface area contributed by atoms with E-state index in [4.69, 9.17) is 24.9 Å². The molecule has 0 atom stereocenters. The van der Waals surface area contributed by atoms with E-state index in [1.807, 2.05) is 6.07 Å². The monoisotopic (exact) mass is 464 g/mol. The lowest BCUT2D eigenvalue weighted by molar-refractivity contribution is -0.135. The summed E-state index contributed by atoms with van der Waals surface area (Å²) in [5.41, 5.74) is 1.40. The maximum absolute atomic E-state index is 11.1. The third-order valence-electron chi connectivity index (χ3n) is 5.87. The average molecular weight is 465 g/mol. The molecule has 2 aliphatic rings. The Bertz CT molecular complexity index is 607. The highest BCUT2D eigenvalue weighted by Crippen LogP contribution is 2.37. The number of carboxylic acids is 2. The van der Waals surface area contributed by atoms with Gasteiger partial charge in [0.1, 0.15) is 5.78 Å². The predicted molar refractivity (Wildman–Crippen MR) is 131 cm³/mol. The largest absolute Gasteiger partial charge is 0.481 e. The molecular formula is C27H44O6. The van der Waals surface area contributed by atoms with Gasteiger partial charge in [0, 0.05) is 33.3 Å². The van der Waals surface area contributed by atoms with E-state index in [0.29, 0.717) is 12.4 Å². The van der Waals surface area contributed by atoms with Gasteiger partial charge >= 0.3 is 0 Å². The third-order valence-corrected chi connectivity index (χ3v) is 5.87. The van der Waals surface area contributed by atoms with Crippen LogP contribution in [0.25, 0.3) is 0 Å². The summed E-state index contributed by atoms with van der Waals surface area (Å²) < 4.78 is 0. The molecule has 188 valence electrons. The summed E-state index contributed by atoms with van der Waals surface area (Å²) >= 11 is 0. The van der Waals surface area contributed by atoms with Gasteiger partial charge in [-0.05, 0) is 49.5 Å². The van der Waals surface area contributed by atoms with Crippen molar-refractivity contribution in [3.05, 3.63) is 35.9 Å². The van der Waals surface area contributed by atoms with Crippen molar-refractivity contribution in [3.63, 3.8) is 0 Å². The Morgan fingerprint density at radius 2 is 1.27 bits per heavy atom. The van der Waals surface area contributed by atoms with Gasteiger partial charge in [0.25, 0.3) is 11.9 Å². The Morgan fingerprint density at radius 1 is 0.788 bits per heavy atom. The smallest absolute Gasteiger partial charge is 0.300 e. The SMILES string of the molecule is CC(=O)O.CC(=O)O.O=C1CCC(C2CCCCC2)CC1.OCCCCCc1ccccc1. The molecule has 0 spiro atoms. The van der Waals surface area contributed by atoms with E-state index >= 15 is 0 Å². The number of rotatable bonds is 6. The number of carboxylic acid groups (broad SMARTS) is 2. The molecule has 2 aliphatic carbocycles. The van der Waals surface area contributed by atoms with Crippen molar-refractivity contribution in [1.29, 1.82) is 0 Å². The number of hydrogen-bond donors (Lipinski definition) is 3. The second-order valence-corrected chi connectivity index (χ2v) is 8.83. The van der Waals surface area contributed by atoms with Crippen LogP contribution in [-0.4, -0.2) is 39.6 Å². The van der Waals surface area contributed by atoms with Gasteiger partial charge in [0.05, 0.1) is 0 Å². The molecule has 0 aromatic heterocycles. The van der Waals surface area contributed by atoms with E-state index in [0.717, 1.165) is 57.8 Å². The van der Waals surface area contributed by atoms with Gasteiger partial charge in [-0.25, -0.2) is 0 Å². The van der Waals surface area contributed by atoms with Crippen LogP contribution in [0.2, 0.25) is 0 Å². The predicted octanol–water partition coefficient (Wildman–Crippen LogP) is 5.90. The molecule has 2 saturated carbocycles. The number of aryl methyl sites for hydroxylation is 1. The van der Waals surface area contributed by atoms with Crippen molar-refractivity contribution in [2.45, 2.75) is 97.3 Å². The summed E-state index contributed by atoms with van der Waals surface area (Å²) in [6.07, 6.45) is 15.8. The Morgan fingerprint density at radius 3 is 1.76 bits per heavy atom. The summed E-state index contributed by atoms with van der Waals surface area (Å²) in [7, 11) is 0. The van der Waals surface area contributed by atoms with Crippen molar-refractivity contribution >= 4 is 17.7 Å². The fourth-order valence-corrected chi connectivity index (χ4v) is 4.30. The first-order chi connectivity index (χ1) is 15.8. The molecule has 6 nitrogen and oxygen atoms in total. The van der Waals surface area contributed by atoms with E-state index < -0.39 is 11.9 Å². The number of unbranched alkanes of at least 4 members (excludes halogenated alkanes) is 2. The molecule has 0 amide bonds. The van der Waals surface area contributed by atoms with Crippen molar-refractivity contribution in [1.82, 2.24) is 0 Å². The Balaban J connectivity index is 0.000000473. The van der Waals surface area contributed by atoms with Crippen LogP contribution >= 0.6 is 0 Å². The molecule has 3 rings (SSSR count). The Kier molecular flexibility index (Phi) is 19.0. The second kappa shape index (κ2) is 20.4. The lowest BCUT2D eigenvalue weighted by atomic mass is 9.73. The van der Waals surface area contributed by atoms with Gasteiger partial charge in [0.15, 0.2) is 0 Å². The molecule has 3 N–H and O–H groups in total. The number of aliphatic carboxylic acids is 2. The summed E-state index contributed by atoms with van der Waals surface area (Å²) in [6, 6.07) is 10.5. The minimum Gasteiger partial charge on any atom is -0.481 e. The fraction of sp³-hybridized carbons (Fsp3) is 0.667. The lowest BCUT2D eigenvalue weighted by Gasteiger charge is -2.32. The standard InChI is InChI=1S/C12H20O.C11H16O.2C2H4O2/c13-12-8-6-11(7-9-12)10-4-2-1-3-5-10;12-10-6-2-5-9-11-7-3-1-4-8-11;2*1-2(3)4/h10-11H,1-9H2;1,3-4,7-8,12H,2,5-6,9-10H2;2*1H3,(H,3,4). The zero-order chi connectivity index (χ0) is 24.9. The molecule has 0 aliphatic heterocycles. The van der Waals surface area contributed by atoms with E-state index in [2.05, 4.69) is 24.3 Å². The zero-order valence-corrected chi connectivity index (χ0v) is 20.5. The van der Waals surface area contributed by atoms with E-state index in [1.165, 1.54) is 56.9 Å². The third kappa shape index (κ3) is 20.1. The first-order valence-corrected chi connectivity index (χ1v) is 12.3. The highest BCUT2D eigenvalue weighted by molar-refractivity contribution is 5.79. The highest BCUT2D eigenvalue weighted by Gasteiger charge is 2.27. The van der Waals surface area contributed by atoms with Crippen LogP contribution in [0.5, 0.6) is 0 Å². The van der Waals surface area contributed by atoms with Crippen molar-refractivity contribution < 1.29 is 29.7 Å². The van der Waals surface area contributed by atoms with Gasteiger partial charge < -0.3 is 15.3 Å². The highest BCUT2D eigenvalue weighted by atomic mass is 16.4. The molecule has 6 heteroatoms. The van der Waals surface area contributed by atoms with Crippen LogP contribution in [0.3, 0.4) is 0 Å². The zero-order valence-electron chi connectivity index (χ0n) is 20.5. The molecule has 1 aromatic carbocycles. The number of aliphatic hydroxyl groups excluding tert-OH is 1. The first kappa shape index (κ1) is 30.8. The second-order valence-electron chi connectivity index (χ2n) is 8.83. The number of Topliss-reactive ketones (excluding diaryl/α,β-unsaturated/α-hetero) is 1. The normalized spacial score (nSPS) is 16.2. The van der Waals surface area contributed by atoms with Gasteiger partial charge in [-0.2, -0.15) is 0 Å². The van der Waals surface area contributed by atoms with Crippen molar-refractivity contribution in [2.24, 2.45) is 11.8 Å². The number of carbonyl (C=O) groups is 3. The van der Waals surface area contributed by atoms with Gasteiger partial charge in [-0.3, -0.25) is 14.4 Å². The number of hydrogen-bond acceptors (Lipinski definition) is 4. The molecule has 0 bridgehead atoms. The molecule has 2 fully saturated rings. The van der Waals surface area contributed by atoms with Crippen LogP contribution in [-0.2, 0) is 20.8 Å². The molecule has 1 aromatic rings. The molecule has 0 saturated heterocycles. The quantitative estimate of drug-likeness (QED) is 0.452. The maximum Gasteiger partial charge on any atom is 0.300 e. The first-order valence-electron chi connectivity index (χ1n) is 12.3. The summed E-state index contributed by atoms with van der Waals surface area (Å²) in [5.74, 6) is 0.715. The number of aliphatic hydroxyl groups is 1. The number of benzene rings is 1. The Labute approximate surface area is 199 Å². The van der Waals surface area contributed by atoms with E-state index in [9.17, 15) is 4.79 Å². The van der Waals surface area contributed by atoms with Gasteiger partial charge in [-0.1, -0.05) is 68.9 Å². The molecule has 0 radical (unpaired) electrons. The summed E-state index contributed by atoms with van der Waals surface area (Å²) in [6.45, 7) is 2.49. The minimum absolute atomic E-state index is 0.328. The van der Waals surface area contributed by atoms with E-state index in [-0.39, 0.29) is 0 Å². The molecular weight excluding hydrogens is 420 g/mol. The Hall–Kier alpha value is -2.21. The summed E-state index contributed by atoms with van der Waals surface area (Å²) in [5, 5.41) is 23.4. The molecule has 0 unspecified atom stereocenters. The molecule has 33 heavy (non-hydrogen) atoms. The lowest BCUT2D eigenvalue weighted by Crippen LogP contribution is -2.23. The molecule has 0 heterocycles. The van der Waals surface area contributed by atoms with Crippen molar-refractivity contribution in [3.8, 4) is 0 Å². The van der Waals surface area contributed by atoms with Crippen LogP contribution in [0.4, 0.5) is 0 Å². The van der Waals surface area contributed by atoms with Gasteiger partial charge in [-0.15, -0.1) is 0 Å². The number of ketones is 1. The average Bonchev–Trinajstić information content (AvgIpc) is 2.78. The van der Waals surface area contributed by atoms with Crippen LogP contribution in [0, 0.1) is 11.8 Å².